The number of piperidine rings is 1. The van der Waals surface area contributed by atoms with Crippen LogP contribution in [-0.2, 0) is 10.0 Å². The summed E-state index contributed by atoms with van der Waals surface area (Å²) in [4.78, 5) is 8.85. The maximum atomic E-state index is 11.9. The molecule has 3 aromatic carbocycles. The van der Waals surface area contributed by atoms with Crippen LogP contribution in [0.1, 0.15) is 18.4 Å². The van der Waals surface area contributed by atoms with E-state index in [9.17, 15) is 8.42 Å². The molecule has 0 radical (unpaired) electrons. The van der Waals surface area contributed by atoms with E-state index < -0.39 is 10.0 Å². The first kappa shape index (κ1) is 25.5. The van der Waals surface area contributed by atoms with Gasteiger partial charge >= 0.3 is 0 Å². The van der Waals surface area contributed by atoms with Crippen LogP contribution in [0.5, 0.6) is 17.2 Å². The lowest BCUT2D eigenvalue weighted by Crippen LogP contribution is -2.38. The molecular formula is C29H28N4O4S. The van der Waals surface area contributed by atoms with E-state index in [0.717, 1.165) is 40.7 Å². The van der Waals surface area contributed by atoms with Gasteiger partial charge in [0.15, 0.2) is 11.5 Å². The summed E-state index contributed by atoms with van der Waals surface area (Å²) in [5, 5.41) is 4.18. The molecule has 1 N–H and O–H groups in total. The summed E-state index contributed by atoms with van der Waals surface area (Å²) in [5.74, 6) is 9.04. The van der Waals surface area contributed by atoms with Gasteiger partial charge in [-0.25, -0.2) is 22.7 Å². The van der Waals surface area contributed by atoms with Gasteiger partial charge in [-0.2, -0.15) is 0 Å². The van der Waals surface area contributed by atoms with Gasteiger partial charge in [0.25, 0.3) is 0 Å². The van der Waals surface area contributed by atoms with E-state index >= 15 is 0 Å². The Morgan fingerprint density at radius 2 is 1.87 bits per heavy atom. The van der Waals surface area contributed by atoms with E-state index in [1.165, 1.54) is 16.9 Å². The fourth-order valence-electron chi connectivity index (χ4n) is 4.36. The molecule has 0 spiro atoms. The largest absolute Gasteiger partial charge is 0.493 e. The highest BCUT2D eigenvalue weighted by molar-refractivity contribution is 7.88. The lowest BCUT2D eigenvalue weighted by atomic mass is 10.00. The highest BCUT2D eigenvalue weighted by atomic mass is 32.2. The number of hydrogen-bond acceptors (Lipinski definition) is 7. The van der Waals surface area contributed by atoms with E-state index in [0.29, 0.717) is 30.4 Å². The zero-order valence-electron chi connectivity index (χ0n) is 21.2. The second kappa shape index (κ2) is 11.1. The number of hydrogen-bond donors (Lipinski definition) is 1. The van der Waals surface area contributed by atoms with Crippen molar-refractivity contribution in [1.82, 2.24) is 14.3 Å². The van der Waals surface area contributed by atoms with Gasteiger partial charge in [0.05, 0.1) is 18.9 Å². The smallest absolute Gasteiger partial charge is 0.211 e. The topological polar surface area (TPSA) is 93.6 Å². The van der Waals surface area contributed by atoms with Crippen LogP contribution in [0.25, 0.3) is 10.9 Å². The first-order chi connectivity index (χ1) is 18.4. The number of benzene rings is 3. The Balaban J connectivity index is 1.38. The fraction of sp³-hybridized carbons (Fsp3) is 0.241. The molecule has 0 saturated carbocycles. The van der Waals surface area contributed by atoms with Crippen molar-refractivity contribution in [2.45, 2.75) is 12.8 Å². The number of methoxy groups -OCH3 is 1. The van der Waals surface area contributed by atoms with Crippen molar-refractivity contribution in [3.8, 4) is 29.1 Å². The normalized spacial score (nSPS) is 15.9. The molecule has 5 rings (SSSR count). The van der Waals surface area contributed by atoms with E-state index in [1.807, 2.05) is 66.7 Å². The molecule has 0 bridgehead atoms. The standard InChI is InChI=1S/C29H28N4O4S/c1-36-28-18-23(13-15-27(28)37-24-8-4-3-5-9-24)32-29-25-17-21(12-14-26(25)30-20-31-29)10-11-22-7-6-16-33(19-22)38(2,34)35/h3-5,8-9,12-15,17-18,20,22H,6-7,16,19H2,1-2H3,(H,30,31,32). The number of aromatic nitrogens is 2. The van der Waals surface area contributed by atoms with Crippen LogP contribution in [0.3, 0.4) is 0 Å². The Labute approximate surface area is 222 Å². The molecule has 8 nitrogen and oxygen atoms in total. The quantitative estimate of drug-likeness (QED) is 0.344. The monoisotopic (exact) mass is 528 g/mol. The molecule has 4 aromatic rings. The zero-order valence-corrected chi connectivity index (χ0v) is 22.0. The second-order valence-electron chi connectivity index (χ2n) is 9.09. The third-order valence-corrected chi connectivity index (χ3v) is 7.58. The van der Waals surface area contributed by atoms with Crippen LogP contribution >= 0.6 is 0 Å². The van der Waals surface area contributed by atoms with Crippen molar-refractivity contribution in [3.05, 3.63) is 78.6 Å². The first-order valence-electron chi connectivity index (χ1n) is 12.3. The van der Waals surface area contributed by atoms with Crippen molar-refractivity contribution in [2.24, 2.45) is 5.92 Å². The highest BCUT2D eigenvalue weighted by Gasteiger charge is 2.24. The average Bonchev–Trinajstić information content (AvgIpc) is 2.93. The van der Waals surface area contributed by atoms with Gasteiger partial charge < -0.3 is 14.8 Å². The number of nitrogens with zero attached hydrogens (tertiary/aromatic N) is 3. The third-order valence-electron chi connectivity index (χ3n) is 6.31. The summed E-state index contributed by atoms with van der Waals surface area (Å²) >= 11 is 0. The Hall–Kier alpha value is -4.13. The van der Waals surface area contributed by atoms with E-state index in [-0.39, 0.29) is 5.92 Å². The lowest BCUT2D eigenvalue weighted by Gasteiger charge is -2.28. The molecule has 1 unspecified atom stereocenters. The van der Waals surface area contributed by atoms with Gasteiger partial charge in [-0.3, -0.25) is 0 Å². The van der Waals surface area contributed by atoms with Gasteiger partial charge in [0.2, 0.25) is 10.0 Å². The maximum Gasteiger partial charge on any atom is 0.211 e. The first-order valence-corrected chi connectivity index (χ1v) is 14.1. The zero-order chi connectivity index (χ0) is 26.5. The lowest BCUT2D eigenvalue weighted by molar-refractivity contribution is 0.308. The molecular weight excluding hydrogens is 500 g/mol. The molecule has 1 aromatic heterocycles. The van der Waals surface area contributed by atoms with Gasteiger partial charge in [-0.15, -0.1) is 0 Å². The Kier molecular flexibility index (Phi) is 7.45. The average molecular weight is 529 g/mol. The van der Waals surface area contributed by atoms with Crippen molar-refractivity contribution < 1.29 is 17.9 Å². The number of sulfonamides is 1. The maximum absolute atomic E-state index is 11.9. The molecule has 1 fully saturated rings. The molecule has 1 saturated heterocycles. The highest BCUT2D eigenvalue weighted by Crippen LogP contribution is 2.35. The predicted octanol–water partition coefficient (Wildman–Crippen LogP) is 5.20. The number of nitrogens with one attached hydrogen (secondary N) is 1. The summed E-state index contributed by atoms with van der Waals surface area (Å²) in [6.07, 6.45) is 4.46. The number of fused-ring (bicyclic) bond motifs is 1. The van der Waals surface area contributed by atoms with Gasteiger partial charge in [0.1, 0.15) is 17.9 Å². The van der Waals surface area contributed by atoms with E-state index in [4.69, 9.17) is 9.47 Å². The molecule has 0 amide bonds. The molecule has 1 atom stereocenters. The molecule has 1 aliphatic heterocycles. The molecule has 9 heteroatoms. The van der Waals surface area contributed by atoms with Crippen LogP contribution in [-0.4, -0.2) is 49.1 Å². The van der Waals surface area contributed by atoms with Gasteiger partial charge in [0, 0.05) is 41.7 Å². The van der Waals surface area contributed by atoms with Crippen LogP contribution in [0.2, 0.25) is 0 Å². The minimum atomic E-state index is -3.21. The van der Waals surface area contributed by atoms with Crippen molar-refractivity contribution in [3.63, 3.8) is 0 Å². The summed E-state index contributed by atoms with van der Waals surface area (Å²) in [5.41, 5.74) is 2.38. The van der Waals surface area contributed by atoms with Gasteiger partial charge in [-0.1, -0.05) is 30.0 Å². The third kappa shape index (κ3) is 6.05. The van der Waals surface area contributed by atoms with Crippen LogP contribution in [0, 0.1) is 17.8 Å². The summed E-state index contributed by atoms with van der Waals surface area (Å²) in [6, 6.07) is 20.9. The number of ether oxygens (including phenoxy) is 2. The molecule has 0 aliphatic carbocycles. The predicted molar refractivity (Wildman–Crippen MR) is 148 cm³/mol. The second-order valence-corrected chi connectivity index (χ2v) is 11.1. The number of anilines is 2. The number of para-hydroxylation sites is 1. The van der Waals surface area contributed by atoms with Crippen LogP contribution in [0.15, 0.2) is 73.1 Å². The SMILES string of the molecule is COc1cc(Nc2ncnc3ccc(C#CC4CCCN(S(C)(=O)=O)C4)cc23)ccc1Oc1ccccc1. The van der Waals surface area contributed by atoms with Crippen molar-refractivity contribution >= 4 is 32.4 Å². The van der Waals surface area contributed by atoms with Crippen molar-refractivity contribution in [1.29, 1.82) is 0 Å². The number of rotatable bonds is 6. The van der Waals surface area contributed by atoms with Crippen LogP contribution < -0.4 is 14.8 Å². The molecule has 1 aliphatic rings. The Morgan fingerprint density at radius 3 is 2.66 bits per heavy atom. The Bertz CT molecular complexity index is 1610. The van der Waals surface area contributed by atoms with E-state index in [1.54, 1.807) is 7.11 Å². The fourth-order valence-corrected chi connectivity index (χ4v) is 5.27. The molecule has 38 heavy (non-hydrogen) atoms. The minimum Gasteiger partial charge on any atom is -0.493 e. The summed E-state index contributed by atoms with van der Waals surface area (Å²) in [6.45, 7) is 0.991. The Morgan fingerprint density at radius 1 is 1.03 bits per heavy atom. The van der Waals surface area contributed by atoms with Crippen molar-refractivity contribution in [2.75, 3.05) is 31.8 Å². The molecule has 194 valence electrons. The summed E-state index contributed by atoms with van der Waals surface area (Å²) in [7, 11) is -1.61. The summed E-state index contributed by atoms with van der Waals surface area (Å²) < 4.78 is 36.9. The van der Waals surface area contributed by atoms with Crippen LogP contribution in [0.4, 0.5) is 11.5 Å². The van der Waals surface area contributed by atoms with Gasteiger partial charge in [-0.05, 0) is 55.3 Å². The minimum absolute atomic E-state index is 0.00266. The van der Waals surface area contributed by atoms with E-state index in [2.05, 4.69) is 27.1 Å². The molecule has 2 heterocycles.